The lowest BCUT2D eigenvalue weighted by molar-refractivity contribution is 0.200. The van der Waals surface area contributed by atoms with E-state index in [1.54, 1.807) is 19.5 Å². The van der Waals surface area contributed by atoms with Gasteiger partial charge in [-0.1, -0.05) is 6.07 Å². The fourth-order valence-corrected chi connectivity index (χ4v) is 3.18. The summed E-state index contributed by atoms with van der Waals surface area (Å²) in [4.78, 5) is 4.03. The summed E-state index contributed by atoms with van der Waals surface area (Å²) in [7, 11) is 1.65. The van der Waals surface area contributed by atoms with Crippen molar-refractivity contribution in [1.29, 1.82) is 5.26 Å². The number of hydrogen-bond donors (Lipinski definition) is 0. The van der Waals surface area contributed by atoms with E-state index in [-0.39, 0.29) is 12.0 Å². The standard InChI is InChI=1S/C20H22N2O2/c1-23-19-7-6-16(13-20(19)24-18-4-2-3-5-18)17(14-21)12-15-8-10-22-11-9-15/h6-11,13,17-18H,2-5,12H2,1H3. The van der Waals surface area contributed by atoms with Crippen molar-refractivity contribution in [1.82, 2.24) is 4.98 Å². The van der Waals surface area contributed by atoms with Crippen molar-refractivity contribution in [3.05, 3.63) is 53.9 Å². The van der Waals surface area contributed by atoms with E-state index in [9.17, 15) is 5.26 Å². The molecule has 1 saturated carbocycles. The number of rotatable bonds is 6. The molecule has 0 radical (unpaired) electrons. The van der Waals surface area contributed by atoms with Gasteiger partial charge >= 0.3 is 0 Å². The minimum absolute atomic E-state index is 0.218. The number of nitriles is 1. The first-order valence-corrected chi connectivity index (χ1v) is 8.43. The van der Waals surface area contributed by atoms with Gasteiger partial charge in [0.25, 0.3) is 0 Å². The molecule has 1 aromatic heterocycles. The maximum absolute atomic E-state index is 9.60. The summed E-state index contributed by atoms with van der Waals surface area (Å²) >= 11 is 0. The smallest absolute Gasteiger partial charge is 0.161 e. The molecule has 1 aliphatic rings. The van der Waals surface area contributed by atoms with Crippen molar-refractivity contribution in [3.63, 3.8) is 0 Å². The third-order valence-electron chi connectivity index (χ3n) is 4.53. The van der Waals surface area contributed by atoms with Crippen molar-refractivity contribution in [2.24, 2.45) is 0 Å². The largest absolute Gasteiger partial charge is 0.493 e. The van der Waals surface area contributed by atoms with Crippen molar-refractivity contribution >= 4 is 0 Å². The van der Waals surface area contributed by atoms with Crippen LogP contribution in [0.1, 0.15) is 42.7 Å². The van der Waals surface area contributed by atoms with Crippen LogP contribution in [0.2, 0.25) is 0 Å². The summed E-state index contributed by atoms with van der Waals surface area (Å²) in [6.45, 7) is 0. The predicted molar refractivity (Wildman–Crippen MR) is 92.2 cm³/mol. The molecule has 2 aromatic rings. The molecular formula is C20H22N2O2. The first-order chi connectivity index (χ1) is 11.8. The van der Waals surface area contributed by atoms with E-state index in [1.165, 1.54) is 12.8 Å². The first kappa shape index (κ1) is 16.3. The Bertz CT molecular complexity index is 703. The maximum Gasteiger partial charge on any atom is 0.161 e. The molecule has 0 amide bonds. The molecule has 1 atom stereocenters. The molecule has 0 aliphatic heterocycles. The molecule has 24 heavy (non-hydrogen) atoms. The molecule has 0 N–H and O–H groups in total. The normalized spacial score (nSPS) is 15.7. The summed E-state index contributed by atoms with van der Waals surface area (Å²) in [5.74, 6) is 1.26. The van der Waals surface area contributed by atoms with Gasteiger partial charge in [-0.2, -0.15) is 5.26 Å². The van der Waals surface area contributed by atoms with Crippen LogP contribution in [0.25, 0.3) is 0 Å². The fraction of sp³-hybridized carbons (Fsp3) is 0.400. The minimum atomic E-state index is -0.218. The van der Waals surface area contributed by atoms with Gasteiger partial charge in [0, 0.05) is 12.4 Å². The third-order valence-corrected chi connectivity index (χ3v) is 4.53. The zero-order valence-corrected chi connectivity index (χ0v) is 13.9. The molecule has 0 saturated heterocycles. The summed E-state index contributed by atoms with van der Waals surface area (Å²) in [5, 5.41) is 9.60. The zero-order valence-electron chi connectivity index (χ0n) is 13.9. The second kappa shape index (κ2) is 7.83. The van der Waals surface area contributed by atoms with Gasteiger partial charge in [0.05, 0.1) is 25.2 Å². The Kier molecular flexibility index (Phi) is 5.32. The number of methoxy groups -OCH3 is 1. The lowest BCUT2D eigenvalue weighted by Crippen LogP contribution is -2.12. The van der Waals surface area contributed by atoms with E-state index < -0.39 is 0 Å². The van der Waals surface area contributed by atoms with Crippen LogP contribution in [0.15, 0.2) is 42.7 Å². The highest BCUT2D eigenvalue weighted by molar-refractivity contribution is 5.45. The molecule has 1 aliphatic carbocycles. The Hall–Kier alpha value is -2.54. The number of ether oxygens (including phenoxy) is 2. The molecule has 1 aromatic carbocycles. The Balaban J connectivity index is 1.82. The summed E-state index contributed by atoms with van der Waals surface area (Å²) in [6.07, 6.45) is 9.05. The van der Waals surface area contributed by atoms with Gasteiger partial charge in [0.15, 0.2) is 11.5 Å². The summed E-state index contributed by atoms with van der Waals surface area (Å²) in [6, 6.07) is 12.1. The van der Waals surface area contributed by atoms with E-state index in [2.05, 4.69) is 11.1 Å². The average molecular weight is 322 g/mol. The van der Waals surface area contributed by atoms with Crippen LogP contribution >= 0.6 is 0 Å². The number of benzene rings is 1. The van der Waals surface area contributed by atoms with Crippen LogP contribution in [-0.2, 0) is 6.42 Å². The maximum atomic E-state index is 9.60. The molecular weight excluding hydrogens is 300 g/mol. The van der Waals surface area contributed by atoms with Crippen LogP contribution in [0.5, 0.6) is 11.5 Å². The molecule has 4 nitrogen and oxygen atoms in total. The Morgan fingerprint density at radius 2 is 1.92 bits per heavy atom. The van der Waals surface area contributed by atoms with Crippen LogP contribution < -0.4 is 9.47 Å². The Morgan fingerprint density at radius 1 is 1.17 bits per heavy atom. The van der Waals surface area contributed by atoms with Crippen LogP contribution in [-0.4, -0.2) is 18.2 Å². The Labute approximate surface area is 143 Å². The molecule has 3 rings (SSSR count). The van der Waals surface area contributed by atoms with Gasteiger partial charge in [-0.3, -0.25) is 4.98 Å². The number of hydrogen-bond acceptors (Lipinski definition) is 4. The van der Waals surface area contributed by atoms with Crippen molar-refractivity contribution in [2.75, 3.05) is 7.11 Å². The topological polar surface area (TPSA) is 55.1 Å². The molecule has 124 valence electrons. The first-order valence-electron chi connectivity index (χ1n) is 8.43. The lowest BCUT2D eigenvalue weighted by atomic mass is 9.93. The third kappa shape index (κ3) is 3.86. The van der Waals surface area contributed by atoms with Crippen LogP contribution in [0, 0.1) is 11.3 Å². The van der Waals surface area contributed by atoms with E-state index in [0.29, 0.717) is 6.42 Å². The lowest BCUT2D eigenvalue weighted by Gasteiger charge is -2.18. The van der Waals surface area contributed by atoms with Crippen molar-refractivity contribution < 1.29 is 9.47 Å². The van der Waals surface area contributed by atoms with Crippen molar-refractivity contribution in [3.8, 4) is 17.6 Å². The average Bonchev–Trinajstić information content (AvgIpc) is 3.13. The van der Waals surface area contributed by atoms with Crippen LogP contribution in [0.4, 0.5) is 0 Å². The molecule has 1 unspecified atom stereocenters. The zero-order chi connectivity index (χ0) is 16.8. The van der Waals surface area contributed by atoms with Crippen LogP contribution in [0.3, 0.4) is 0 Å². The van der Waals surface area contributed by atoms with Gasteiger partial charge in [-0.25, -0.2) is 0 Å². The predicted octanol–water partition coefficient (Wildman–Crippen LogP) is 4.26. The van der Waals surface area contributed by atoms with Gasteiger partial charge in [0.1, 0.15) is 0 Å². The Morgan fingerprint density at radius 3 is 2.58 bits per heavy atom. The monoisotopic (exact) mass is 322 g/mol. The summed E-state index contributed by atoms with van der Waals surface area (Å²) in [5.41, 5.74) is 2.06. The van der Waals surface area contributed by atoms with Gasteiger partial charge in [-0.15, -0.1) is 0 Å². The van der Waals surface area contributed by atoms with Gasteiger partial charge in [0.2, 0.25) is 0 Å². The van der Waals surface area contributed by atoms with E-state index in [0.717, 1.165) is 35.5 Å². The van der Waals surface area contributed by atoms with Crippen molar-refractivity contribution in [2.45, 2.75) is 44.1 Å². The SMILES string of the molecule is COc1ccc(C(C#N)Cc2ccncc2)cc1OC1CCCC1. The summed E-state index contributed by atoms with van der Waals surface area (Å²) < 4.78 is 11.6. The van der Waals surface area contributed by atoms with E-state index in [1.807, 2.05) is 30.3 Å². The molecule has 0 bridgehead atoms. The number of aromatic nitrogens is 1. The van der Waals surface area contributed by atoms with Gasteiger partial charge < -0.3 is 9.47 Å². The molecule has 4 heteroatoms. The molecule has 0 spiro atoms. The number of nitrogens with zero attached hydrogens (tertiary/aromatic N) is 2. The highest BCUT2D eigenvalue weighted by atomic mass is 16.5. The highest BCUT2D eigenvalue weighted by Gasteiger charge is 2.20. The minimum Gasteiger partial charge on any atom is -0.493 e. The fourth-order valence-electron chi connectivity index (χ4n) is 3.18. The molecule has 1 heterocycles. The van der Waals surface area contributed by atoms with E-state index >= 15 is 0 Å². The second-order valence-corrected chi connectivity index (χ2v) is 6.18. The highest BCUT2D eigenvalue weighted by Crippen LogP contribution is 2.34. The molecule has 1 fully saturated rings. The quantitative estimate of drug-likeness (QED) is 0.797. The van der Waals surface area contributed by atoms with Gasteiger partial charge in [-0.05, 0) is 67.5 Å². The van der Waals surface area contributed by atoms with E-state index in [4.69, 9.17) is 9.47 Å². The number of pyridine rings is 1. The second-order valence-electron chi connectivity index (χ2n) is 6.18.